The van der Waals surface area contributed by atoms with E-state index in [1.165, 1.54) is 17.9 Å². The van der Waals surface area contributed by atoms with Crippen molar-refractivity contribution >= 4 is 46.0 Å². The van der Waals surface area contributed by atoms with E-state index in [-0.39, 0.29) is 0 Å². The highest BCUT2D eigenvalue weighted by Gasteiger charge is 2.19. The maximum Gasteiger partial charge on any atom is 0.124 e. The van der Waals surface area contributed by atoms with Crippen LogP contribution < -0.4 is 0 Å². The third kappa shape index (κ3) is 2.24. The largest absolute Gasteiger partial charge is 0.327 e. The first-order valence-corrected chi connectivity index (χ1v) is 8.13. The van der Waals surface area contributed by atoms with Crippen molar-refractivity contribution in [3.63, 3.8) is 0 Å². The second-order valence-corrected chi connectivity index (χ2v) is 6.43. The summed E-state index contributed by atoms with van der Waals surface area (Å²) in [7, 11) is 0. The van der Waals surface area contributed by atoms with Crippen LogP contribution in [0.2, 0.25) is 5.02 Å². The van der Waals surface area contributed by atoms with Crippen LogP contribution in [-0.2, 0) is 12.4 Å². The lowest BCUT2D eigenvalue weighted by atomic mass is 10.1. The molecule has 2 heterocycles. The highest BCUT2D eigenvalue weighted by molar-refractivity contribution is 7.99. The van der Waals surface area contributed by atoms with Gasteiger partial charge in [0.05, 0.1) is 16.4 Å². The molecule has 1 aromatic carbocycles. The minimum atomic E-state index is 0.435. The number of halogens is 2. The summed E-state index contributed by atoms with van der Waals surface area (Å²) in [4.78, 5) is 4.57. The summed E-state index contributed by atoms with van der Waals surface area (Å²) in [6.07, 6.45) is 1.28. The Balaban J connectivity index is 2.04. The normalized spacial score (nSPS) is 19.8. The number of aromatic nitrogens is 2. The first-order chi connectivity index (χ1) is 8.79. The van der Waals surface area contributed by atoms with Gasteiger partial charge < -0.3 is 4.57 Å². The minimum Gasteiger partial charge on any atom is -0.327 e. The van der Waals surface area contributed by atoms with Crippen LogP contribution in [-0.4, -0.2) is 21.1 Å². The monoisotopic (exact) mass is 300 g/mol. The van der Waals surface area contributed by atoms with Crippen molar-refractivity contribution in [2.45, 2.75) is 18.8 Å². The van der Waals surface area contributed by atoms with E-state index in [0.29, 0.717) is 10.9 Å². The van der Waals surface area contributed by atoms with Crippen molar-refractivity contribution in [1.29, 1.82) is 0 Å². The standard InChI is InChI=1S/C13H14Cl2N2S/c14-6-12-16-13-10(15)2-1-3-11(13)17(12)7-9-4-5-18-8-9/h1-3,9H,4-8H2. The molecule has 0 N–H and O–H groups in total. The number of nitrogens with zero attached hydrogens (tertiary/aromatic N) is 2. The topological polar surface area (TPSA) is 17.8 Å². The summed E-state index contributed by atoms with van der Waals surface area (Å²) >= 11 is 14.2. The molecule has 0 bridgehead atoms. The van der Waals surface area contributed by atoms with Crippen molar-refractivity contribution in [3.8, 4) is 0 Å². The molecule has 2 aromatic rings. The Bertz CT molecular complexity index is 561. The SMILES string of the molecule is ClCc1nc2c(Cl)cccc2n1CC1CCSC1. The molecule has 0 radical (unpaired) electrons. The molecule has 3 rings (SSSR count). The summed E-state index contributed by atoms with van der Waals surface area (Å²) < 4.78 is 2.24. The molecule has 1 aliphatic heterocycles. The number of para-hydroxylation sites is 1. The van der Waals surface area contributed by atoms with Gasteiger partial charge in [-0.15, -0.1) is 11.6 Å². The van der Waals surface area contributed by atoms with E-state index in [9.17, 15) is 0 Å². The number of benzene rings is 1. The van der Waals surface area contributed by atoms with Crippen LogP contribution in [0.15, 0.2) is 18.2 Å². The minimum absolute atomic E-state index is 0.435. The maximum absolute atomic E-state index is 6.19. The number of fused-ring (bicyclic) bond motifs is 1. The second kappa shape index (κ2) is 5.32. The first kappa shape index (κ1) is 12.6. The molecule has 5 heteroatoms. The predicted octanol–water partition coefficient (Wildman–Crippen LogP) is 4.18. The quantitative estimate of drug-likeness (QED) is 0.791. The van der Waals surface area contributed by atoms with Crippen LogP contribution in [0.25, 0.3) is 11.0 Å². The van der Waals surface area contributed by atoms with Gasteiger partial charge >= 0.3 is 0 Å². The summed E-state index contributed by atoms with van der Waals surface area (Å²) in [5.41, 5.74) is 1.98. The van der Waals surface area contributed by atoms with Gasteiger partial charge in [0.1, 0.15) is 11.3 Å². The summed E-state index contributed by atoms with van der Waals surface area (Å²) in [5.74, 6) is 4.60. The fourth-order valence-electron chi connectivity index (χ4n) is 2.45. The molecule has 0 spiro atoms. The van der Waals surface area contributed by atoms with Crippen molar-refractivity contribution in [1.82, 2.24) is 9.55 Å². The average Bonchev–Trinajstić information content (AvgIpc) is 2.99. The number of hydrogen-bond donors (Lipinski definition) is 0. The smallest absolute Gasteiger partial charge is 0.124 e. The third-order valence-corrected chi connectivity index (χ3v) is 5.17. The van der Waals surface area contributed by atoms with Gasteiger partial charge in [-0.25, -0.2) is 4.98 Å². The number of thioether (sulfide) groups is 1. The van der Waals surface area contributed by atoms with E-state index in [0.717, 1.165) is 29.3 Å². The highest BCUT2D eigenvalue weighted by Crippen LogP contribution is 2.29. The molecule has 96 valence electrons. The molecule has 1 atom stereocenters. The summed E-state index contributed by atoms with van der Waals surface area (Å²) in [5, 5.41) is 0.707. The van der Waals surface area contributed by atoms with Crippen molar-refractivity contribution in [3.05, 3.63) is 29.0 Å². The van der Waals surface area contributed by atoms with E-state index in [1.807, 2.05) is 23.9 Å². The van der Waals surface area contributed by atoms with Crippen molar-refractivity contribution in [2.24, 2.45) is 5.92 Å². The number of hydrogen-bond acceptors (Lipinski definition) is 2. The lowest BCUT2D eigenvalue weighted by Crippen LogP contribution is -2.12. The lowest BCUT2D eigenvalue weighted by molar-refractivity contribution is 0.493. The zero-order chi connectivity index (χ0) is 12.5. The lowest BCUT2D eigenvalue weighted by Gasteiger charge is -2.12. The van der Waals surface area contributed by atoms with Crippen LogP contribution in [0.3, 0.4) is 0 Å². The van der Waals surface area contributed by atoms with Crippen LogP contribution >= 0.6 is 35.0 Å². The van der Waals surface area contributed by atoms with Crippen LogP contribution in [0.1, 0.15) is 12.2 Å². The molecule has 1 aliphatic rings. The van der Waals surface area contributed by atoms with E-state index in [4.69, 9.17) is 23.2 Å². The Morgan fingerprint density at radius 2 is 2.33 bits per heavy atom. The summed E-state index contributed by atoms with van der Waals surface area (Å²) in [6, 6.07) is 5.93. The molecule has 0 amide bonds. The molecule has 18 heavy (non-hydrogen) atoms. The molecular weight excluding hydrogens is 287 g/mol. The number of imidazole rings is 1. The Morgan fingerprint density at radius 1 is 1.44 bits per heavy atom. The fraction of sp³-hybridized carbons (Fsp3) is 0.462. The molecular formula is C13H14Cl2N2S. The van der Waals surface area contributed by atoms with Crippen molar-refractivity contribution in [2.75, 3.05) is 11.5 Å². The van der Waals surface area contributed by atoms with Gasteiger partial charge in [-0.1, -0.05) is 17.7 Å². The average molecular weight is 301 g/mol. The molecule has 0 saturated carbocycles. The van der Waals surface area contributed by atoms with E-state index in [2.05, 4.69) is 15.6 Å². The van der Waals surface area contributed by atoms with E-state index in [1.54, 1.807) is 0 Å². The van der Waals surface area contributed by atoms with Gasteiger partial charge in [-0.2, -0.15) is 11.8 Å². The van der Waals surface area contributed by atoms with Gasteiger partial charge in [0, 0.05) is 6.54 Å². The van der Waals surface area contributed by atoms with Gasteiger partial charge in [0.15, 0.2) is 0 Å². The van der Waals surface area contributed by atoms with Crippen molar-refractivity contribution < 1.29 is 0 Å². The maximum atomic E-state index is 6.19. The van der Waals surface area contributed by atoms with Gasteiger partial charge in [-0.05, 0) is 36.0 Å². The predicted molar refractivity (Wildman–Crippen MR) is 79.7 cm³/mol. The molecule has 1 aromatic heterocycles. The van der Waals surface area contributed by atoms with Crippen LogP contribution in [0, 0.1) is 5.92 Å². The van der Waals surface area contributed by atoms with E-state index < -0.39 is 0 Å². The Kier molecular flexibility index (Phi) is 3.73. The third-order valence-electron chi connectivity index (χ3n) is 3.39. The zero-order valence-corrected chi connectivity index (χ0v) is 12.2. The van der Waals surface area contributed by atoms with Gasteiger partial charge in [-0.3, -0.25) is 0 Å². The number of alkyl halides is 1. The van der Waals surface area contributed by atoms with Crippen LogP contribution in [0.4, 0.5) is 0 Å². The Morgan fingerprint density at radius 3 is 3.06 bits per heavy atom. The summed E-state index contributed by atoms with van der Waals surface area (Å²) in [6.45, 7) is 1.01. The molecule has 1 saturated heterocycles. The molecule has 1 unspecified atom stereocenters. The van der Waals surface area contributed by atoms with Gasteiger partial charge in [0.2, 0.25) is 0 Å². The van der Waals surface area contributed by atoms with E-state index >= 15 is 0 Å². The Labute approximate surface area is 121 Å². The first-order valence-electron chi connectivity index (χ1n) is 6.07. The second-order valence-electron chi connectivity index (χ2n) is 4.61. The number of rotatable bonds is 3. The fourth-order valence-corrected chi connectivity index (χ4v) is 4.14. The van der Waals surface area contributed by atoms with Gasteiger partial charge in [0.25, 0.3) is 0 Å². The van der Waals surface area contributed by atoms with Crippen LogP contribution in [0.5, 0.6) is 0 Å². The molecule has 0 aliphatic carbocycles. The molecule has 2 nitrogen and oxygen atoms in total. The highest BCUT2D eigenvalue weighted by atomic mass is 35.5. The molecule has 1 fully saturated rings. The Hall–Kier alpha value is -0.380. The zero-order valence-electron chi connectivity index (χ0n) is 9.90.